The van der Waals surface area contributed by atoms with Gasteiger partial charge in [-0.3, -0.25) is 4.57 Å². The standard InChI is InChI=1S/C16H14F2N2O/c1-11-19-13-9-5-6-10-14(13)20(11)16(17,18)15(21)12-7-3-2-4-8-12/h2-10,15,21H,1H3/t15-/m1/s1. The van der Waals surface area contributed by atoms with E-state index < -0.39 is 12.2 Å². The van der Waals surface area contributed by atoms with Gasteiger partial charge in [0.15, 0.2) is 6.10 Å². The van der Waals surface area contributed by atoms with E-state index in [1.165, 1.54) is 19.1 Å². The normalized spacial score (nSPS) is 13.5. The summed E-state index contributed by atoms with van der Waals surface area (Å²) in [5, 5.41) is 10.1. The van der Waals surface area contributed by atoms with E-state index in [1.807, 2.05) is 0 Å². The lowest BCUT2D eigenvalue weighted by molar-refractivity contribution is -0.173. The van der Waals surface area contributed by atoms with Gasteiger partial charge in [0, 0.05) is 0 Å². The van der Waals surface area contributed by atoms with Gasteiger partial charge in [-0.25, -0.2) is 4.98 Å². The first kappa shape index (κ1) is 13.7. The molecule has 3 aromatic rings. The van der Waals surface area contributed by atoms with Crippen molar-refractivity contribution < 1.29 is 13.9 Å². The van der Waals surface area contributed by atoms with Gasteiger partial charge in [0.2, 0.25) is 0 Å². The van der Waals surface area contributed by atoms with Crippen LogP contribution < -0.4 is 0 Å². The van der Waals surface area contributed by atoms with Gasteiger partial charge in [-0.2, -0.15) is 8.78 Å². The Balaban J connectivity index is 2.14. The molecule has 0 aliphatic carbocycles. The molecule has 2 aromatic carbocycles. The molecule has 21 heavy (non-hydrogen) atoms. The van der Waals surface area contributed by atoms with Crippen LogP contribution >= 0.6 is 0 Å². The molecule has 0 aliphatic heterocycles. The summed E-state index contributed by atoms with van der Waals surface area (Å²) in [6, 6.07) is 11.1. The number of alkyl halides is 2. The van der Waals surface area contributed by atoms with Crippen LogP contribution in [0.4, 0.5) is 8.78 Å². The molecule has 1 N–H and O–H groups in total. The summed E-state index contributed by atoms with van der Waals surface area (Å²) in [5.41, 5.74) is 0.949. The van der Waals surface area contributed by atoms with Crippen molar-refractivity contribution in [3.8, 4) is 0 Å². The molecule has 1 atom stereocenters. The highest BCUT2D eigenvalue weighted by Gasteiger charge is 2.43. The lowest BCUT2D eigenvalue weighted by Crippen LogP contribution is -2.31. The molecule has 3 rings (SSSR count). The second-order valence-electron chi connectivity index (χ2n) is 4.88. The maximum atomic E-state index is 14.7. The predicted molar refractivity (Wildman–Crippen MR) is 76.1 cm³/mol. The van der Waals surface area contributed by atoms with Crippen LogP contribution in [0.25, 0.3) is 11.0 Å². The molecule has 0 radical (unpaired) electrons. The topological polar surface area (TPSA) is 38.0 Å². The second-order valence-corrected chi connectivity index (χ2v) is 4.88. The zero-order valence-electron chi connectivity index (χ0n) is 11.4. The quantitative estimate of drug-likeness (QED) is 0.799. The maximum absolute atomic E-state index is 14.7. The number of nitrogens with zero attached hydrogens (tertiary/aromatic N) is 2. The van der Waals surface area contributed by atoms with Gasteiger partial charge in [0.1, 0.15) is 5.82 Å². The highest BCUT2D eigenvalue weighted by atomic mass is 19.3. The van der Waals surface area contributed by atoms with E-state index in [-0.39, 0.29) is 11.4 Å². The lowest BCUT2D eigenvalue weighted by atomic mass is 10.1. The largest absolute Gasteiger partial charge is 0.380 e. The molecule has 0 bridgehead atoms. The van der Waals surface area contributed by atoms with Crippen LogP contribution in [0.3, 0.4) is 0 Å². The molecule has 0 aliphatic rings. The first-order valence-electron chi connectivity index (χ1n) is 6.57. The van der Waals surface area contributed by atoms with E-state index in [0.29, 0.717) is 11.0 Å². The minimum Gasteiger partial charge on any atom is -0.380 e. The van der Waals surface area contributed by atoms with Crippen LogP contribution in [0.2, 0.25) is 0 Å². The van der Waals surface area contributed by atoms with Crippen molar-refractivity contribution in [1.82, 2.24) is 9.55 Å². The van der Waals surface area contributed by atoms with Gasteiger partial charge in [-0.1, -0.05) is 42.5 Å². The summed E-state index contributed by atoms with van der Waals surface area (Å²) in [6.07, 6.45) is -1.94. The van der Waals surface area contributed by atoms with Crippen LogP contribution in [-0.2, 0) is 6.05 Å². The molecular formula is C16H14F2N2O. The minimum atomic E-state index is -3.48. The van der Waals surface area contributed by atoms with Gasteiger partial charge < -0.3 is 5.11 Å². The SMILES string of the molecule is Cc1nc2ccccc2n1C(F)(F)[C@H](O)c1ccccc1. The summed E-state index contributed by atoms with van der Waals surface area (Å²) in [6.45, 7) is 1.51. The van der Waals surface area contributed by atoms with Crippen LogP contribution in [0.1, 0.15) is 17.5 Å². The molecule has 5 heteroatoms. The first-order chi connectivity index (χ1) is 10.0. The smallest absolute Gasteiger partial charge is 0.360 e. The molecule has 0 saturated heterocycles. The van der Waals surface area contributed by atoms with Crippen molar-refractivity contribution >= 4 is 11.0 Å². The average molecular weight is 288 g/mol. The van der Waals surface area contributed by atoms with E-state index in [4.69, 9.17) is 0 Å². The zero-order chi connectivity index (χ0) is 15.0. The van der Waals surface area contributed by atoms with E-state index in [1.54, 1.807) is 42.5 Å². The molecule has 1 heterocycles. The Morgan fingerprint density at radius 3 is 2.38 bits per heavy atom. The number of aliphatic hydroxyl groups is 1. The number of fused-ring (bicyclic) bond motifs is 1. The maximum Gasteiger partial charge on any atom is 0.360 e. The van der Waals surface area contributed by atoms with Crippen molar-refractivity contribution in [2.75, 3.05) is 0 Å². The predicted octanol–water partition coefficient (Wildman–Crippen LogP) is 3.63. The summed E-state index contributed by atoms with van der Waals surface area (Å²) < 4.78 is 30.3. The average Bonchev–Trinajstić information content (AvgIpc) is 2.83. The number of aromatic nitrogens is 2. The summed E-state index contributed by atoms with van der Waals surface area (Å²) in [4.78, 5) is 4.13. The van der Waals surface area contributed by atoms with Crippen LogP contribution in [-0.4, -0.2) is 14.7 Å². The second kappa shape index (κ2) is 4.93. The van der Waals surface area contributed by atoms with Crippen molar-refractivity contribution in [3.05, 3.63) is 66.0 Å². The third-order valence-electron chi connectivity index (χ3n) is 3.47. The van der Waals surface area contributed by atoms with Crippen LogP contribution in [0, 0.1) is 6.92 Å². The monoisotopic (exact) mass is 288 g/mol. The fourth-order valence-corrected chi connectivity index (χ4v) is 2.48. The van der Waals surface area contributed by atoms with Gasteiger partial charge in [0.05, 0.1) is 11.0 Å². The number of hydrogen-bond acceptors (Lipinski definition) is 2. The Bertz CT molecular complexity index is 768. The van der Waals surface area contributed by atoms with E-state index in [2.05, 4.69) is 4.98 Å². The van der Waals surface area contributed by atoms with E-state index in [9.17, 15) is 13.9 Å². The lowest BCUT2D eigenvalue weighted by Gasteiger charge is -2.25. The number of hydrogen-bond donors (Lipinski definition) is 1. The third-order valence-corrected chi connectivity index (χ3v) is 3.47. The number of aryl methyl sites for hydroxylation is 1. The summed E-state index contributed by atoms with van der Waals surface area (Å²) >= 11 is 0. The summed E-state index contributed by atoms with van der Waals surface area (Å²) in [7, 11) is 0. The Hall–Kier alpha value is -2.27. The first-order valence-corrected chi connectivity index (χ1v) is 6.57. The van der Waals surface area contributed by atoms with Crippen LogP contribution in [0.5, 0.6) is 0 Å². The highest BCUT2D eigenvalue weighted by Crippen LogP contribution is 2.38. The zero-order valence-corrected chi connectivity index (χ0v) is 11.4. The minimum absolute atomic E-state index is 0.163. The van der Waals surface area contributed by atoms with Crippen molar-refractivity contribution in [3.63, 3.8) is 0 Å². The van der Waals surface area contributed by atoms with E-state index >= 15 is 0 Å². The Morgan fingerprint density at radius 2 is 1.67 bits per heavy atom. The number of aliphatic hydroxyl groups excluding tert-OH is 1. The molecule has 0 amide bonds. The molecule has 0 spiro atoms. The molecule has 108 valence electrons. The Labute approximate surface area is 120 Å². The number of rotatable bonds is 3. The molecular weight excluding hydrogens is 274 g/mol. The fraction of sp³-hybridized carbons (Fsp3) is 0.188. The molecule has 0 unspecified atom stereocenters. The van der Waals surface area contributed by atoms with Crippen LogP contribution in [0.15, 0.2) is 54.6 Å². The van der Waals surface area contributed by atoms with Gasteiger partial charge in [-0.05, 0) is 24.6 Å². The molecule has 3 nitrogen and oxygen atoms in total. The number of imidazole rings is 1. The molecule has 0 fully saturated rings. The third kappa shape index (κ3) is 2.19. The number of para-hydroxylation sites is 2. The van der Waals surface area contributed by atoms with Gasteiger partial charge in [0.25, 0.3) is 0 Å². The van der Waals surface area contributed by atoms with E-state index in [0.717, 1.165) is 4.57 Å². The fourth-order valence-electron chi connectivity index (χ4n) is 2.48. The van der Waals surface area contributed by atoms with Gasteiger partial charge in [-0.15, -0.1) is 0 Å². The Morgan fingerprint density at radius 1 is 1.05 bits per heavy atom. The summed E-state index contributed by atoms with van der Waals surface area (Å²) in [5.74, 6) is 0.163. The number of benzene rings is 2. The highest BCUT2D eigenvalue weighted by molar-refractivity contribution is 5.76. The van der Waals surface area contributed by atoms with Crippen molar-refractivity contribution in [2.45, 2.75) is 19.1 Å². The Kier molecular flexibility index (Phi) is 3.22. The van der Waals surface area contributed by atoms with Crippen molar-refractivity contribution in [2.24, 2.45) is 0 Å². The molecule has 0 saturated carbocycles. The molecule has 1 aromatic heterocycles. The number of halogens is 2. The van der Waals surface area contributed by atoms with Crippen molar-refractivity contribution in [1.29, 1.82) is 0 Å². The van der Waals surface area contributed by atoms with Gasteiger partial charge >= 0.3 is 6.05 Å².